The third kappa shape index (κ3) is 6.45. The van der Waals surface area contributed by atoms with Gasteiger partial charge in [0.1, 0.15) is 41.0 Å². The lowest BCUT2D eigenvalue weighted by Gasteiger charge is -2.23. The number of benzene rings is 2. The second kappa shape index (κ2) is 12.6. The Morgan fingerprint density at radius 1 is 1.03 bits per heavy atom. The van der Waals surface area contributed by atoms with Gasteiger partial charge in [-0.05, 0) is 73.7 Å². The second-order valence-corrected chi connectivity index (χ2v) is 16.7. The molecule has 1 amide bonds. The summed E-state index contributed by atoms with van der Waals surface area (Å²) in [5.41, 5.74) is -6.38. The van der Waals surface area contributed by atoms with Gasteiger partial charge in [0.25, 0.3) is 0 Å². The number of allylic oxidation sites excluding steroid dienone is 2. The minimum Gasteiger partial charge on any atom is -0.378 e. The van der Waals surface area contributed by atoms with Crippen LogP contribution in [0.2, 0.25) is 0 Å². The van der Waals surface area contributed by atoms with Gasteiger partial charge in [-0.15, -0.1) is 0 Å². The van der Waals surface area contributed by atoms with Crippen molar-refractivity contribution >= 4 is 32.7 Å². The number of amides is 1. The molecule has 0 aliphatic heterocycles. The maximum atomic E-state index is 15.7. The number of aryl methyl sites for hydroxylation is 1. The molecule has 1 saturated carbocycles. The number of hydrogen-bond donors (Lipinski definition) is 3. The fraction of sp³-hybridized carbons (Fsp3) is 0.316. The van der Waals surface area contributed by atoms with Crippen LogP contribution < -0.4 is 10.0 Å². The number of aromatic nitrogens is 5. The average Bonchev–Trinajstić information content (AvgIpc) is 3.87. The van der Waals surface area contributed by atoms with E-state index in [4.69, 9.17) is 0 Å². The zero-order valence-corrected chi connectivity index (χ0v) is 31.3. The number of nitrogens with zero attached hydrogens (tertiary/aromatic N) is 5. The second-order valence-electron chi connectivity index (χ2n) is 14.9. The van der Waals surface area contributed by atoms with Crippen molar-refractivity contribution in [1.29, 1.82) is 0 Å². The van der Waals surface area contributed by atoms with E-state index in [0.29, 0.717) is 10.7 Å². The molecular weight excluding hydrogens is 803 g/mol. The third-order valence-corrected chi connectivity index (χ3v) is 10.6. The van der Waals surface area contributed by atoms with Gasteiger partial charge in [0.2, 0.25) is 15.9 Å². The molecule has 0 bridgehead atoms. The van der Waals surface area contributed by atoms with Crippen LogP contribution in [0.15, 0.2) is 54.1 Å². The van der Waals surface area contributed by atoms with Crippen molar-refractivity contribution in [2.75, 3.05) is 11.0 Å². The van der Waals surface area contributed by atoms with Gasteiger partial charge in [-0.1, -0.05) is 12.0 Å². The normalized spacial score (nSPS) is 19.4. The number of fused-ring (bicyclic) bond motifs is 4. The molecule has 0 saturated heterocycles. The first-order chi connectivity index (χ1) is 26.9. The summed E-state index contributed by atoms with van der Waals surface area (Å²) in [7, 11) is -2.57. The zero-order chi connectivity index (χ0) is 42.1. The van der Waals surface area contributed by atoms with Gasteiger partial charge in [-0.2, -0.15) is 32.1 Å². The van der Waals surface area contributed by atoms with Gasteiger partial charge in [0.15, 0.2) is 11.5 Å². The molecule has 11 nitrogen and oxygen atoms in total. The Morgan fingerprint density at radius 2 is 1.71 bits per heavy atom. The van der Waals surface area contributed by atoms with Gasteiger partial charge >= 0.3 is 12.1 Å². The van der Waals surface area contributed by atoms with E-state index >= 15 is 13.2 Å². The SMILES string of the molecule is Cn1nc(NS(C)(=O)=O)c2c(F)ccc(-c3ccc(C#CC(C)(C)O)nc3C(Cc3cc(F)cc(F)c3)NC(=O)Cn3nc(C(F)(F)F)c4c3C(F)(F)C35C=C3C45)c21. The Morgan fingerprint density at radius 3 is 2.33 bits per heavy atom. The van der Waals surface area contributed by atoms with E-state index in [2.05, 4.69) is 37.1 Å². The van der Waals surface area contributed by atoms with Crippen molar-refractivity contribution in [3.63, 3.8) is 0 Å². The lowest BCUT2D eigenvalue weighted by molar-refractivity contribution is -0.142. The van der Waals surface area contributed by atoms with Crippen LogP contribution in [0, 0.1) is 34.7 Å². The molecule has 3 aromatic heterocycles. The van der Waals surface area contributed by atoms with E-state index in [9.17, 15) is 40.3 Å². The molecule has 2 aromatic carbocycles. The molecule has 3 atom stereocenters. The standard InChI is InChI=1S/C38H29F8N7O4S/c1-35(2,55)10-9-20-5-6-21(22-7-8-24(41)27-31(22)52(3)50-34(27)51-58(4,56)57)30(47-20)25(13-17-11-18(39)14-19(40)12-17)48-26(54)16-53-33-28(32(49-53)38(44,45)46)29-23-15-36(23,29)37(33,42)43/h5-8,11-12,14-15,25,29,55H,13,16H2,1-4H3,(H,48,54)(H,50,51). The highest BCUT2D eigenvalue weighted by Gasteiger charge is 2.88. The first-order valence-electron chi connectivity index (χ1n) is 17.3. The van der Waals surface area contributed by atoms with Crippen LogP contribution in [0.4, 0.5) is 40.9 Å². The maximum Gasteiger partial charge on any atom is 0.435 e. The van der Waals surface area contributed by atoms with E-state index in [0.717, 1.165) is 24.5 Å². The maximum absolute atomic E-state index is 15.7. The van der Waals surface area contributed by atoms with Crippen molar-refractivity contribution < 1.29 is 53.4 Å². The number of aliphatic hydroxyl groups is 1. The highest BCUT2D eigenvalue weighted by molar-refractivity contribution is 7.92. The summed E-state index contributed by atoms with van der Waals surface area (Å²) < 4.78 is 146. The van der Waals surface area contributed by atoms with Crippen molar-refractivity contribution in [3.8, 4) is 23.0 Å². The van der Waals surface area contributed by atoms with Gasteiger partial charge in [-0.3, -0.25) is 18.9 Å². The Bertz CT molecular complexity index is 2810. The fourth-order valence-corrected chi connectivity index (χ4v) is 8.23. The average molecular weight is 832 g/mol. The van der Waals surface area contributed by atoms with Crippen LogP contribution in [0.25, 0.3) is 22.0 Å². The molecule has 3 heterocycles. The van der Waals surface area contributed by atoms with E-state index < -0.39 is 98.4 Å². The monoisotopic (exact) mass is 831 g/mol. The number of sulfonamides is 1. The molecule has 8 rings (SSSR count). The molecule has 3 unspecified atom stereocenters. The number of hydrogen-bond acceptors (Lipinski definition) is 7. The summed E-state index contributed by atoms with van der Waals surface area (Å²) in [6, 6.07) is 6.16. The fourth-order valence-electron chi connectivity index (χ4n) is 7.74. The number of rotatable bonds is 9. The highest BCUT2D eigenvalue weighted by Crippen LogP contribution is 2.90. The largest absolute Gasteiger partial charge is 0.435 e. The Balaban J connectivity index is 1.27. The Labute approximate surface area is 323 Å². The first kappa shape index (κ1) is 39.0. The van der Waals surface area contributed by atoms with E-state index in [1.54, 1.807) is 0 Å². The molecule has 3 N–H and O–H groups in total. The molecule has 1 fully saturated rings. The summed E-state index contributed by atoms with van der Waals surface area (Å²) in [5, 5.41) is 20.2. The predicted octanol–water partition coefficient (Wildman–Crippen LogP) is 5.99. The molecule has 1 spiro atoms. The first-order valence-corrected chi connectivity index (χ1v) is 19.2. The van der Waals surface area contributed by atoms with E-state index in [1.807, 2.05) is 0 Å². The lowest BCUT2D eigenvalue weighted by Crippen LogP contribution is -2.35. The predicted molar refractivity (Wildman–Crippen MR) is 191 cm³/mol. The molecule has 58 heavy (non-hydrogen) atoms. The van der Waals surface area contributed by atoms with Gasteiger partial charge in [0.05, 0.1) is 34.3 Å². The molecule has 3 aliphatic rings. The van der Waals surface area contributed by atoms with Gasteiger partial charge in [-0.25, -0.2) is 26.6 Å². The van der Waals surface area contributed by atoms with Crippen molar-refractivity contribution in [1.82, 2.24) is 29.9 Å². The minimum atomic E-state index is -5.13. The smallest absolute Gasteiger partial charge is 0.378 e. The van der Waals surface area contributed by atoms with Crippen LogP contribution >= 0.6 is 0 Å². The summed E-state index contributed by atoms with van der Waals surface area (Å²) in [5.74, 6) is -4.10. The van der Waals surface area contributed by atoms with Crippen LogP contribution in [0.1, 0.15) is 59.7 Å². The quantitative estimate of drug-likeness (QED) is 0.0941. The number of carbonyl (C=O) groups is 1. The van der Waals surface area contributed by atoms with Crippen LogP contribution in [-0.4, -0.2) is 55.8 Å². The number of alkyl halides is 5. The number of anilines is 1. The van der Waals surface area contributed by atoms with Crippen molar-refractivity contribution in [2.24, 2.45) is 12.5 Å². The highest BCUT2D eigenvalue weighted by atomic mass is 32.2. The summed E-state index contributed by atoms with van der Waals surface area (Å²) in [6.45, 7) is 1.63. The van der Waals surface area contributed by atoms with Gasteiger partial charge in [0, 0.05) is 35.7 Å². The zero-order valence-electron chi connectivity index (χ0n) is 30.5. The minimum absolute atomic E-state index is 0.0149. The summed E-state index contributed by atoms with van der Waals surface area (Å²) in [4.78, 5) is 18.5. The van der Waals surface area contributed by atoms with E-state index in [1.165, 1.54) is 49.9 Å². The summed E-state index contributed by atoms with van der Waals surface area (Å²) >= 11 is 0. The third-order valence-electron chi connectivity index (χ3n) is 10.1. The number of halogens is 8. The van der Waals surface area contributed by atoms with Crippen molar-refractivity contribution in [3.05, 3.63) is 105 Å². The van der Waals surface area contributed by atoms with Crippen LogP contribution in [0.3, 0.4) is 0 Å². The molecule has 302 valence electrons. The van der Waals surface area contributed by atoms with Gasteiger partial charge < -0.3 is 10.4 Å². The Kier molecular flexibility index (Phi) is 8.48. The van der Waals surface area contributed by atoms with E-state index in [-0.39, 0.29) is 50.4 Å². The van der Waals surface area contributed by atoms with Crippen LogP contribution in [-0.2, 0) is 46.9 Å². The van der Waals surface area contributed by atoms with Crippen molar-refractivity contribution in [2.45, 2.75) is 56.5 Å². The number of carbonyl (C=O) groups excluding carboxylic acids is 1. The molecular formula is C38H29F8N7O4S. The van der Waals surface area contributed by atoms with Crippen LogP contribution in [0.5, 0.6) is 0 Å². The lowest BCUT2D eigenvalue weighted by atomic mass is 9.93. The molecule has 5 aromatic rings. The molecule has 3 aliphatic carbocycles. The number of pyridine rings is 1. The summed E-state index contributed by atoms with van der Waals surface area (Å²) in [6.07, 6.45) is -3.57. The molecule has 0 radical (unpaired) electrons. The molecule has 20 heteroatoms. The Hall–Kier alpha value is -5.81. The number of nitrogens with one attached hydrogen (secondary N) is 2. The topological polar surface area (TPSA) is 144 Å².